The minimum atomic E-state index is -3.82. The number of pyridine rings is 1. The Balaban J connectivity index is 1.21. The van der Waals surface area contributed by atoms with Gasteiger partial charge in [-0.15, -0.1) is 0 Å². The molecule has 84 heavy (non-hydrogen) atoms. The van der Waals surface area contributed by atoms with Crippen molar-refractivity contribution in [1.29, 1.82) is 0 Å². The van der Waals surface area contributed by atoms with E-state index in [0.29, 0.717) is 54.1 Å². The van der Waals surface area contributed by atoms with Crippen LogP contribution in [0.15, 0.2) is 113 Å². The fraction of sp³-hybridized carbons (Fsp3) is 0.433. The van der Waals surface area contributed by atoms with Crippen LogP contribution in [0.4, 0.5) is 0 Å². The summed E-state index contributed by atoms with van der Waals surface area (Å²) in [5.74, 6) is 5.20. The van der Waals surface area contributed by atoms with Gasteiger partial charge < -0.3 is 51.8 Å². The van der Waals surface area contributed by atoms with E-state index in [1.54, 1.807) is 26.4 Å². The van der Waals surface area contributed by atoms with Crippen LogP contribution in [0.1, 0.15) is 72.0 Å². The lowest BCUT2D eigenvalue weighted by Gasteiger charge is -2.37. The van der Waals surface area contributed by atoms with Gasteiger partial charge in [0.15, 0.2) is 0 Å². The van der Waals surface area contributed by atoms with E-state index < -0.39 is 66.8 Å². The lowest BCUT2D eigenvalue weighted by atomic mass is 9.80. The van der Waals surface area contributed by atoms with Crippen LogP contribution in [-0.4, -0.2) is 155 Å². The van der Waals surface area contributed by atoms with Gasteiger partial charge in [-0.3, -0.25) is 52.5 Å². The van der Waals surface area contributed by atoms with E-state index in [1.807, 2.05) is 78.9 Å². The van der Waals surface area contributed by atoms with Gasteiger partial charge in [0.05, 0.1) is 92.9 Å². The van der Waals surface area contributed by atoms with E-state index in [0.717, 1.165) is 21.3 Å². The number of methoxy groups -OCH3 is 6. The quantitative estimate of drug-likeness (QED) is 0.00972. The van der Waals surface area contributed by atoms with E-state index >= 15 is 0 Å². The maximum Gasteiger partial charge on any atom is 0.333 e. The molecule has 3 aromatic carbocycles. The summed E-state index contributed by atoms with van der Waals surface area (Å²) in [4.78, 5) is 87.9. The number of ether oxygens (including phenoxy) is 8. The highest BCUT2D eigenvalue weighted by molar-refractivity contribution is 7.53. The van der Waals surface area contributed by atoms with E-state index in [4.69, 9.17) is 58.5 Å². The van der Waals surface area contributed by atoms with E-state index in [9.17, 15) is 33.3 Å². The summed E-state index contributed by atoms with van der Waals surface area (Å²) in [5, 5.41) is 0. The van der Waals surface area contributed by atoms with Gasteiger partial charge in [0, 0.05) is 57.0 Å². The molecule has 1 aliphatic heterocycles. The third-order valence-corrected chi connectivity index (χ3v) is 14.8. The number of aromatic nitrogens is 3. The number of hydrogen-bond donors (Lipinski definition) is 0. The lowest BCUT2D eigenvalue weighted by molar-refractivity contribution is -0.147. The summed E-state index contributed by atoms with van der Waals surface area (Å²) in [6.07, 6.45) is 0.478. The molecule has 3 heterocycles. The van der Waals surface area contributed by atoms with Crippen LogP contribution in [0.3, 0.4) is 0 Å². The van der Waals surface area contributed by atoms with Crippen LogP contribution in [0.25, 0.3) is 4.85 Å². The number of nitrogens with zero attached hydrogens (tertiary/aromatic N) is 6. The monoisotopic (exact) mass is 1180 g/mol. The average Bonchev–Trinajstić information content (AvgIpc) is 3.84. The molecule has 1 fully saturated rings. The number of rotatable bonds is 31. The number of carbonyl (C=O) groups is 4. The van der Waals surface area contributed by atoms with E-state index in [1.165, 1.54) is 61.7 Å². The standard InChI is InChI=1S/C60H71N6O17P/c1-61-29-32-81-84(8,73)83-51-35-54(82-52(51)42-80-60(44-18-14-12-15-19-44,45-20-24-49(74-2)25-21-45)46-22-26-50(75-3)27-23-46)66-31-28-53(67)65(59(66)72)30-16-11-9-10-13-17-43-33-47(36-63(38-55(68)76-4)39-56(69)77-5)62-48(34-43)37-64(40-57(70)78-6)41-58(71)79-7/h12,14-15,18-28,31,33-34,51-52,54H,9-11,16,29-30,32,35-42H2,2-8H3/t51?,52-,54-,84?/m1/s1. The molecule has 4 atom stereocenters. The summed E-state index contributed by atoms with van der Waals surface area (Å²) in [6.45, 7) is 7.26. The number of hydrogen-bond acceptors (Lipinski definition) is 20. The van der Waals surface area contributed by atoms with Gasteiger partial charge in [0.1, 0.15) is 36.0 Å². The maximum atomic E-state index is 14.3. The zero-order valence-electron chi connectivity index (χ0n) is 48.2. The molecule has 448 valence electrons. The third-order valence-electron chi connectivity index (χ3n) is 13.5. The summed E-state index contributed by atoms with van der Waals surface area (Å²) in [7, 11) is 4.26. The highest BCUT2D eigenvalue weighted by atomic mass is 31.2. The second-order valence-corrected chi connectivity index (χ2v) is 21.4. The summed E-state index contributed by atoms with van der Waals surface area (Å²) in [5.41, 5.74) is 1.20. The Bertz CT molecular complexity index is 3140. The summed E-state index contributed by atoms with van der Waals surface area (Å²) in [6, 6.07) is 29.3. The van der Waals surface area contributed by atoms with E-state index in [-0.39, 0.29) is 72.0 Å². The fourth-order valence-corrected chi connectivity index (χ4v) is 10.6. The first-order valence-electron chi connectivity index (χ1n) is 26.9. The zero-order valence-corrected chi connectivity index (χ0v) is 49.1. The number of unbranched alkanes of at least 4 members (excludes halogenated alkanes) is 3. The van der Waals surface area contributed by atoms with Crippen LogP contribution >= 0.6 is 7.60 Å². The van der Waals surface area contributed by atoms with Gasteiger partial charge in [-0.25, -0.2) is 11.4 Å². The third kappa shape index (κ3) is 18.5. The highest BCUT2D eigenvalue weighted by Gasteiger charge is 2.45. The van der Waals surface area contributed by atoms with Crippen molar-refractivity contribution in [3.8, 4) is 23.3 Å². The molecule has 0 spiro atoms. The Hall–Kier alpha value is -7.99. The topological polar surface area (TPSA) is 245 Å². The van der Waals surface area contributed by atoms with Crippen LogP contribution < -0.4 is 20.7 Å². The number of esters is 4. The fourth-order valence-electron chi connectivity index (χ4n) is 9.39. The molecule has 2 unspecified atom stereocenters. The molecule has 2 aromatic heterocycles. The Morgan fingerprint density at radius 2 is 1.26 bits per heavy atom. The Kier molecular flexibility index (Phi) is 25.0. The SMILES string of the molecule is [C-]#[N+]CCOP(C)(=O)OC1C[C@H](n2ccc(=O)n(CCCCCC#Cc3cc(CN(CC(=O)OC)CC(=O)OC)nc(CN(CC(=O)OC)CC(=O)OC)c3)c2=O)O[C@@H]1COC(c1ccccc1)(c1ccc(OC)cc1)c1ccc(OC)cc1. The van der Waals surface area contributed by atoms with Gasteiger partial charge >= 0.3 is 37.2 Å². The van der Waals surface area contributed by atoms with E-state index in [2.05, 4.69) is 16.7 Å². The summed E-state index contributed by atoms with van der Waals surface area (Å²) >= 11 is 0. The predicted octanol–water partition coefficient (Wildman–Crippen LogP) is 5.77. The molecule has 0 bridgehead atoms. The van der Waals surface area contributed by atoms with Crippen molar-refractivity contribution in [3.63, 3.8) is 0 Å². The highest BCUT2D eigenvalue weighted by Crippen LogP contribution is 2.49. The van der Waals surface area contributed by atoms with Crippen molar-refractivity contribution >= 4 is 31.5 Å². The van der Waals surface area contributed by atoms with Gasteiger partial charge in [-0.05, 0) is 65.9 Å². The minimum Gasteiger partial charge on any atom is -0.497 e. The van der Waals surface area contributed by atoms with Gasteiger partial charge in [-0.1, -0.05) is 72.9 Å². The lowest BCUT2D eigenvalue weighted by Crippen LogP contribution is -2.40. The van der Waals surface area contributed by atoms with Crippen molar-refractivity contribution in [2.24, 2.45) is 0 Å². The Morgan fingerprint density at radius 3 is 1.76 bits per heavy atom. The summed E-state index contributed by atoms with van der Waals surface area (Å²) < 4.78 is 72.3. The molecule has 5 aromatic rings. The smallest absolute Gasteiger partial charge is 0.333 e. The number of carbonyl (C=O) groups excluding carboxylic acids is 4. The average molecular weight is 1180 g/mol. The molecule has 24 heteroatoms. The van der Waals surface area contributed by atoms with Crippen molar-refractivity contribution < 1.29 is 70.7 Å². The molecule has 0 N–H and O–H groups in total. The number of benzene rings is 3. The van der Waals surface area contributed by atoms with Crippen molar-refractivity contribution in [1.82, 2.24) is 23.9 Å². The second kappa shape index (κ2) is 32.2. The molecule has 0 saturated carbocycles. The molecule has 0 amide bonds. The molecule has 23 nitrogen and oxygen atoms in total. The van der Waals surface area contributed by atoms with Crippen LogP contribution in [-0.2, 0) is 86.4 Å². The second-order valence-electron chi connectivity index (χ2n) is 19.4. The largest absolute Gasteiger partial charge is 0.497 e. The van der Waals surface area contributed by atoms with Gasteiger partial charge in [0.25, 0.3) is 5.56 Å². The molecule has 1 saturated heterocycles. The molecule has 0 radical (unpaired) electrons. The first-order valence-corrected chi connectivity index (χ1v) is 28.9. The zero-order chi connectivity index (χ0) is 60.7. The normalized spacial score (nSPS) is 15.5. The molecule has 0 aliphatic carbocycles. The van der Waals surface area contributed by atoms with Crippen molar-refractivity contribution in [2.45, 2.75) is 75.8 Å². The Morgan fingerprint density at radius 1 is 0.738 bits per heavy atom. The molecular formula is C60H71N6O17P. The molecule has 1 aliphatic rings. The first kappa shape index (κ1) is 65.2. The van der Waals surface area contributed by atoms with Crippen molar-refractivity contribution in [3.05, 3.63) is 169 Å². The van der Waals surface area contributed by atoms with Crippen LogP contribution in [0.2, 0.25) is 0 Å². The van der Waals surface area contributed by atoms with Crippen LogP contribution in [0.5, 0.6) is 11.5 Å². The maximum absolute atomic E-state index is 14.3. The Labute approximate surface area is 487 Å². The molecular weight excluding hydrogens is 1110 g/mol. The first-order chi connectivity index (χ1) is 40.5. The molecule has 6 rings (SSSR count). The van der Waals surface area contributed by atoms with Crippen LogP contribution in [0, 0.1) is 18.4 Å². The van der Waals surface area contributed by atoms with Gasteiger partial charge in [0.2, 0.25) is 6.54 Å². The predicted molar refractivity (Wildman–Crippen MR) is 306 cm³/mol. The minimum absolute atomic E-state index is 0.00439. The van der Waals surface area contributed by atoms with Gasteiger partial charge in [-0.2, -0.15) is 0 Å². The van der Waals surface area contributed by atoms with Crippen molar-refractivity contribution in [2.75, 3.05) is 95.3 Å².